The lowest BCUT2D eigenvalue weighted by Gasteiger charge is -2.49. The zero-order chi connectivity index (χ0) is 21.5. The third kappa shape index (κ3) is 6.14. The van der Waals surface area contributed by atoms with Crippen molar-refractivity contribution < 1.29 is 0 Å². The van der Waals surface area contributed by atoms with Crippen molar-refractivity contribution in [2.24, 2.45) is 10.9 Å². The molecule has 4 aliphatic rings. The Kier molecular flexibility index (Phi) is 8.52. The van der Waals surface area contributed by atoms with E-state index in [1.54, 1.807) is 0 Å². The van der Waals surface area contributed by atoms with Gasteiger partial charge in [-0.1, -0.05) is 12.8 Å². The molecule has 6 heteroatoms. The molecule has 6 nitrogen and oxygen atoms in total. The highest BCUT2D eigenvalue weighted by Gasteiger charge is 2.40. The average Bonchev–Trinajstić information content (AvgIpc) is 3.27. The minimum Gasteiger partial charge on any atom is -0.357 e. The molecule has 0 aromatic carbocycles. The predicted octanol–water partition coefficient (Wildman–Crippen LogP) is 2.71. The highest BCUT2D eigenvalue weighted by Crippen LogP contribution is 2.32. The van der Waals surface area contributed by atoms with Crippen LogP contribution in [0.1, 0.15) is 64.7 Å². The van der Waals surface area contributed by atoms with Crippen molar-refractivity contribution in [2.75, 3.05) is 79.0 Å². The van der Waals surface area contributed by atoms with Crippen molar-refractivity contribution in [1.82, 2.24) is 24.9 Å². The molecular weight excluding hydrogens is 384 g/mol. The number of hydrogen-bond donors (Lipinski definition) is 1. The van der Waals surface area contributed by atoms with E-state index in [1.807, 2.05) is 0 Å². The van der Waals surface area contributed by atoms with E-state index in [0.717, 1.165) is 19.0 Å². The first kappa shape index (κ1) is 23.3. The lowest BCUT2D eigenvalue weighted by Crippen LogP contribution is -2.58. The van der Waals surface area contributed by atoms with Crippen LogP contribution in [-0.2, 0) is 0 Å². The Labute approximate surface area is 191 Å². The number of guanidine groups is 1. The lowest BCUT2D eigenvalue weighted by molar-refractivity contribution is 0.0206. The maximum absolute atomic E-state index is 5.33. The van der Waals surface area contributed by atoms with Crippen molar-refractivity contribution in [3.05, 3.63) is 0 Å². The smallest absolute Gasteiger partial charge is 0.193 e. The van der Waals surface area contributed by atoms with Crippen LogP contribution in [0.4, 0.5) is 0 Å². The molecule has 4 saturated heterocycles. The molecule has 0 radical (unpaired) electrons. The summed E-state index contributed by atoms with van der Waals surface area (Å²) in [7, 11) is 2.28. The van der Waals surface area contributed by atoms with Crippen LogP contribution >= 0.6 is 0 Å². The fourth-order valence-electron chi connectivity index (χ4n) is 6.31. The zero-order valence-electron chi connectivity index (χ0n) is 20.5. The number of nitrogens with zero attached hydrogens (tertiary/aromatic N) is 5. The Morgan fingerprint density at radius 3 is 2.26 bits per heavy atom. The van der Waals surface area contributed by atoms with Gasteiger partial charge in [0.05, 0.1) is 6.54 Å². The van der Waals surface area contributed by atoms with Crippen LogP contribution in [0.15, 0.2) is 4.99 Å². The number of likely N-dealkylation sites (tertiary alicyclic amines) is 4. The summed E-state index contributed by atoms with van der Waals surface area (Å²) in [5.41, 5.74) is 0.278. The Morgan fingerprint density at radius 1 is 0.903 bits per heavy atom. The van der Waals surface area contributed by atoms with E-state index in [1.165, 1.54) is 123 Å². The Bertz CT molecular complexity index is 558. The molecule has 4 rings (SSSR count). The first-order valence-corrected chi connectivity index (χ1v) is 13.4. The van der Waals surface area contributed by atoms with Gasteiger partial charge in [0.2, 0.25) is 0 Å². The molecule has 1 N–H and O–H groups in total. The van der Waals surface area contributed by atoms with E-state index < -0.39 is 0 Å². The largest absolute Gasteiger partial charge is 0.357 e. The lowest BCUT2D eigenvalue weighted by atomic mass is 9.84. The van der Waals surface area contributed by atoms with E-state index in [2.05, 4.69) is 38.9 Å². The second-order valence-electron chi connectivity index (χ2n) is 10.7. The van der Waals surface area contributed by atoms with Gasteiger partial charge in [-0.2, -0.15) is 0 Å². The number of hydrogen-bond acceptors (Lipinski definition) is 4. The van der Waals surface area contributed by atoms with Gasteiger partial charge in [0, 0.05) is 31.7 Å². The normalized spacial score (nSPS) is 29.4. The summed E-state index contributed by atoms with van der Waals surface area (Å²) in [6.07, 6.45) is 12.2. The average molecular weight is 433 g/mol. The molecule has 0 aromatic rings. The Hall–Kier alpha value is -0.850. The quantitative estimate of drug-likeness (QED) is 0.516. The van der Waals surface area contributed by atoms with Gasteiger partial charge in [-0.05, 0) is 104 Å². The molecule has 0 amide bonds. The summed E-state index contributed by atoms with van der Waals surface area (Å²) < 4.78 is 0. The Morgan fingerprint density at radius 2 is 1.58 bits per heavy atom. The summed E-state index contributed by atoms with van der Waals surface area (Å²) in [4.78, 5) is 15.9. The highest BCUT2D eigenvalue weighted by molar-refractivity contribution is 5.80. The molecule has 0 spiro atoms. The summed E-state index contributed by atoms with van der Waals surface area (Å²) in [6.45, 7) is 15.4. The van der Waals surface area contributed by atoms with Crippen LogP contribution in [0.25, 0.3) is 0 Å². The first-order valence-electron chi connectivity index (χ1n) is 13.4. The van der Waals surface area contributed by atoms with Crippen molar-refractivity contribution in [1.29, 1.82) is 0 Å². The maximum Gasteiger partial charge on any atom is 0.193 e. The van der Waals surface area contributed by atoms with Crippen molar-refractivity contribution in [3.63, 3.8) is 0 Å². The molecule has 31 heavy (non-hydrogen) atoms. The molecule has 0 bridgehead atoms. The van der Waals surface area contributed by atoms with E-state index in [4.69, 9.17) is 4.99 Å². The molecule has 1 atom stereocenters. The predicted molar refractivity (Wildman–Crippen MR) is 131 cm³/mol. The fraction of sp³-hybridized carbons (Fsp3) is 0.960. The molecule has 1 unspecified atom stereocenters. The summed E-state index contributed by atoms with van der Waals surface area (Å²) >= 11 is 0. The minimum absolute atomic E-state index is 0.278. The van der Waals surface area contributed by atoms with E-state index in [-0.39, 0.29) is 5.54 Å². The summed E-state index contributed by atoms with van der Waals surface area (Å²) in [5.74, 6) is 1.99. The van der Waals surface area contributed by atoms with Gasteiger partial charge >= 0.3 is 0 Å². The van der Waals surface area contributed by atoms with Crippen molar-refractivity contribution >= 4 is 5.96 Å². The highest BCUT2D eigenvalue weighted by atomic mass is 15.3. The Balaban J connectivity index is 1.39. The van der Waals surface area contributed by atoms with Gasteiger partial charge in [-0.15, -0.1) is 0 Å². The standard InChI is InChI=1S/C25H48N6/c1-3-26-24(30-17-10-23(21-30)20-29-13-6-4-7-14-29)27-22-25(11-18-28(2)19-12-25)31-15-8-5-9-16-31/h23H,3-22H2,1-2H3,(H,26,27). The van der Waals surface area contributed by atoms with E-state index in [0.29, 0.717) is 0 Å². The minimum atomic E-state index is 0.278. The number of aliphatic imine (C=N–C) groups is 1. The molecule has 4 heterocycles. The topological polar surface area (TPSA) is 37.4 Å². The summed E-state index contributed by atoms with van der Waals surface area (Å²) in [6, 6.07) is 0. The number of rotatable bonds is 6. The SMILES string of the molecule is CCNC(=NCC1(N2CCCCC2)CCN(C)CC1)N1CCC(CN2CCCCC2)C1. The van der Waals surface area contributed by atoms with Crippen LogP contribution in [0.2, 0.25) is 0 Å². The third-order valence-electron chi connectivity index (χ3n) is 8.35. The van der Waals surface area contributed by atoms with E-state index >= 15 is 0 Å². The third-order valence-corrected chi connectivity index (χ3v) is 8.35. The van der Waals surface area contributed by atoms with Crippen LogP contribution < -0.4 is 5.32 Å². The van der Waals surface area contributed by atoms with Crippen molar-refractivity contribution in [2.45, 2.75) is 70.3 Å². The molecule has 4 aliphatic heterocycles. The monoisotopic (exact) mass is 432 g/mol. The molecule has 178 valence electrons. The van der Waals surface area contributed by atoms with Gasteiger partial charge in [0.15, 0.2) is 5.96 Å². The van der Waals surface area contributed by atoms with Crippen LogP contribution in [0.3, 0.4) is 0 Å². The van der Waals surface area contributed by atoms with Crippen LogP contribution in [-0.4, -0.2) is 110 Å². The number of piperidine rings is 3. The number of nitrogens with one attached hydrogen (secondary N) is 1. The van der Waals surface area contributed by atoms with Gasteiger partial charge in [0.1, 0.15) is 0 Å². The summed E-state index contributed by atoms with van der Waals surface area (Å²) in [5, 5.41) is 3.65. The first-order chi connectivity index (χ1) is 15.2. The molecule has 4 fully saturated rings. The van der Waals surface area contributed by atoms with Crippen LogP contribution in [0, 0.1) is 5.92 Å². The van der Waals surface area contributed by atoms with Gasteiger partial charge in [-0.25, -0.2) is 0 Å². The maximum atomic E-state index is 5.33. The van der Waals surface area contributed by atoms with Gasteiger partial charge in [-0.3, -0.25) is 9.89 Å². The van der Waals surface area contributed by atoms with Crippen molar-refractivity contribution in [3.8, 4) is 0 Å². The second kappa shape index (κ2) is 11.3. The molecule has 0 aliphatic carbocycles. The second-order valence-corrected chi connectivity index (χ2v) is 10.7. The van der Waals surface area contributed by atoms with E-state index in [9.17, 15) is 0 Å². The van der Waals surface area contributed by atoms with Crippen LogP contribution in [0.5, 0.6) is 0 Å². The van der Waals surface area contributed by atoms with Gasteiger partial charge < -0.3 is 20.0 Å². The fourth-order valence-corrected chi connectivity index (χ4v) is 6.31. The molecule has 0 aromatic heterocycles. The van der Waals surface area contributed by atoms with Gasteiger partial charge in [0.25, 0.3) is 0 Å². The zero-order valence-corrected chi connectivity index (χ0v) is 20.5. The molecule has 0 saturated carbocycles. The molecular formula is C25H48N6.